The van der Waals surface area contributed by atoms with Crippen LogP contribution in [0.3, 0.4) is 0 Å². The van der Waals surface area contributed by atoms with Crippen molar-refractivity contribution in [2.24, 2.45) is 11.7 Å². The second-order valence-electron chi connectivity index (χ2n) is 6.17. The zero-order valence-electron chi connectivity index (χ0n) is 11.8. The van der Waals surface area contributed by atoms with E-state index in [9.17, 15) is 4.79 Å². The predicted molar refractivity (Wildman–Crippen MR) is 76.3 cm³/mol. The summed E-state index contributed by atoms with van der Waals surface area (Å²) in [5.74, 6) is 0.640. The van der Waals surface area contributed by atoms with Gasteiger partial charge >= 0.3 is 0 Å². The van der Waals surface area contributed by atoms with Gasteiger partial charge in [-0.2, -0.15) is 0 Å². The Labute approximate surface area is 118 Å². The fourth-order valence-corrected chi connectivity index (χ4v) is 3.18. The normalized spacial score (nSPS) is 17.8. The molecule has 1 aliphatic rings. The van der Waals surface area contributed by atoms with Gasteiger partial charge in [-0.15, -0.1) is 5.10 Å². The van der Waals surface area contributed by atoms with Crippen LogP contribution in [0.5, 0.6) is 0 Å². The second kappa shape index (κ2) is 5.54. The molecule has 5 nitrogen and oxygen atoms in total. The molecule has 0 unspecified atom stereocenters. The van der Waals surface area contributed by atoms with Gasteiger partial charge in [0.05, 0.1) is 5.69 Å². The average Bonchev–Trinajstić information content (AvgIpc) is 2.87. The number of nitrogens with two attached hydrogens (primary N) is 1. The molecule has 0 saturated carbocycles. The predicted octanol–water partition coefficient (Wildman–Crippen LogP) is 1.65. The molecule has 0 spiro atoms. The zero-order chi connectivity index (χ0) is 14.0. The van der Waals surface area contributed by atoms with Crippen molar-refractivity contribution in [2.75, 3.05) is 19.6 Å². The van der Waals surface area contributed by atoms with Gasteiger partial charge in [0.15, 0.2) is 0 Å². The van der Waals surface area contributed by atoms with Crippen LogP contribution in [0, 0.1) is 5.92 Å². The van der Waals surface area contributed by atoms with E-state index < -0.39 is 0 Å². The molecule has 1 aromatic rings. The molecule has 6 heteroatoms. The van der Waals surface area contributed by atoms with Crippen molar-refractivity contribution in [2.45, 2.75) is 39.0 Å². The Morgan fingerprint density at radius 1 is 1.42 bits per heavy atom. The zero-order valence-corrected chi connectivity index (χ0v) is 12.7. The summed E-state index contributed by atoms with van der Waals surface area (Å²) in [6.45, 7) is 8.48. The lowest BCUT2D eigenvalue weighted by atomic mass is 9.91. The Balaban J connectivity index is 2.11. The molecular formula is C13H22N4OS. The first kappa shape index (κ1) is 14.4. The molecule has 0 radical (unpaired) electrons. The molecule has 1 aromatic heterocycles. The maximum atomic E-state index is 12.5. The van der Waals surface area contributed by atoms with Crippen LogP contribution in [-0.4, -0.2) is 40.0 Å². The molecule has 0 aliphatic carbocycles. The summed E-state index contributed by atoms with van der Waals surface area (Å²) < 4.78 is 3.96. The number of amides is 1. The largest absolute Gasteiger partial charge is 0.338 e. The fraction of sp³-hybridized carbons (Fsp3) is 0.769. The summed E-state index contributed by atoms with van der Waals surface area (Å²) in [5, 5.41) is 4.14. The van der Waals surface area contributed by atoms with Crippen LogP contribution in [0.4, 0.5) is 0 Å². The third kappa shape index (κ3) is 3.12. The maximum Gasteiger partial charge on any atom is 0.267 e. The van der Waals surface area contributed by atoms with Crippen LogP contribution in [-0.2, 0) is 5.41 Å². The Bertz CT molecular complexity index is 444. The highest BCUT2D eigenvalue weighted by atomic mass is 32.1. The van der Waals surface area contributed by atoms with Crippen LogP contribution >= 0.6 is 11.5 Å². The van der Waals surface area contributed by atoms with Gasteiger partial charge < -0.3 is 10.6 Å². The summed E-state index contributed by atoms with van der Waals surface area (Å²) >= 11 is 1.21. The summed E-state index contributed by atoms with van der Waals surface area (Å²) in [7, 11) is 0. The number of likely N-dealkylation sites (tertiary alicyclic amines) is 1. The van der Waals surface area contributed by atoms with Crippen molar-refractivity contribution in [3.05, 3.63) is 10.6 Å². The first-order valence-electron chi connectivity index (χ1n) is 6.75. The summed E-state index contributed by atoms with van der Waals surface area (Å²) in [4.78, 5) is 15.2. The number of rotatable bonds is 2. The molecule has 2 N–H and O–H groups in total. The van der Waals surface area contributed by atoms with E-state index >= 15 is 0 Å². The molecule has 1 fully saturated rings. The number of piperidine rings is 1. The van der Waals surface area contributed by atoms with Gasteiger partial charge in [-0.05, 0) is 36.8 Å². The summed E-state index contributed by atoms with van der Waals surface area (Å²) in [6, 6.07) is 0. The molecule has 19 heavy (non-hydrogen) atoms. The minimum absolute atomic E-state index is 0.0791. The van der Waals surface area contributed by atoms with Crippen molar-refractivity contribution in [1.29, 1.82) is 0 Å². The van der Waals surface area contributed by atoms with E-state index in [2.05, 4.69) is 30.4 Å². The van der Waals surface area contributed by atoms with E-state index in [1.54, 1.807) is 0 Å². The Morgan fingerprint density at radius 2 is 2.05 bits per heavy atom. The minimum Gasteiger partial charge on any atom is -0.338 e. The van der Waals surface area contributed by atoms with Crippen molar-refractivity contribution in [3.63, 3.8) is 0 Å². The van der Waals surface area contributed by atoms with Crippen LogP contribution in [0.1, 0.15) is 49.0 Å². The Morgan fingerprint density at radius 3 is 2.58 bits per heavy atom. The van der Waals surface area contributed by atoms with Gasteiger partial charge in [-0.1, -0.05) is 25.3 Å². The summed E-state index contributed by atoms with van der Waals surface area (Å²) in [5.41, 5.74) is 6.34. The lowest BCUT2D eigenvalue weighted by Crippen LogP contribution is -2.40. The SMILES string of the molecule is CC(C)(C)c1nnsc1C(=O)N1CCC(CN)CC1. The highest BCUT2D eigenvalue weighted by molar-refractivity contribution is 7.08. The van der Waals surface area contributed by atoms with Gasteiger partial charge in [0.2, 0.25) is 0 Å². The molecule has 1 amide bonds. The second-order valence-corrected chi connectivity index (χ2v) is 6.93. The van der Waals surface area contributed by atoms with Crippen LogP contribution in [0.25, 0.3) is 0 Å². The molecule has 1 aliphatic heterocycles. The number of hydrogen-bond acceptors (Lipinski definition) is 5. The van der Waals surface area contributed by atoms with E-state index in [-0.39, 0.29) is 11.3 Å². The van der Waals surface area contributed by atoms with Crippen molar-refractivity contribution in [3.8, 4) is 0 Å². The molecule has 0 aromatic carbocycles. The number of carbonyl (C=O) groups excluding carboxylic acids is 1. The van der Waals surface area contributed by atoms with E-state index in [0.717, 1.165) is 38.2 Å². The highest BCUT2D eigenvalue weighted by Crippen LogP contribution is 2.28. The standard InChI is InChI=1S/C13H22N4OS/c1-13(2,3)11-10(19-16-15-11)12(18)17-6-4-9(8-14)5-7-17/h9H,4-8,14H2,1-3H3. The lowest BCUT2D eigenvalue weighted by Gasteiger charge is -2.31. The topological polar surface area (TPSA) is 72.1 Å². The number of carbonyl (C=O) groups is 1. The number of aromatic nitrogens is 2. The molecular weight excluding hydrogens is 260 g/mol. The third-order valence-electron chi connectivity index (χ3n) is 3.63. The third-order valence-corrected chi connectivity index (χ3v) is 4.34. The van der Waals surface area contributed by atoms with E-state index in [1.807, 2.05) is 4.90 Å². The molecule has 0 atom stereocenters. The van der Waals surface area contributed by atoms with E-state index in [1.165, 1.54) is 11.5 Å². The Kier molecular flexibility index (Phi) is 4.20. The Hall–Kier alpha value is -1.01. The lowest BCUT2D eigenvalue weighted by molar-refractivity contribution is 0.0695. The average molecular weight is 282 g/mol. The van der Waals surface area contributed by atoms with Gasteiger partial charge in [0.25, 0.3) is 5.91 Å². The molecule has 2 heterocycles. The minimum atomic E-state index is -0.145. The smallest absolute Gasteiger partial charge is 0.267 e. The number of nitrogens with zero attached hydrogens (tertiary/aromatic N) is 3. The van der Waals surface area contributed by atoms with E-state index in [4.69, 9.17) is 5.73 Å². The van der Waals surface area contributed by atoms with Crippen molar-refractivity contribution >= 4 is 17.4 Å². The van der Waals surface area contributed by atoms with Gasteiger partial charge in [-0.3, -0.25) is 4.79 Å². The van der Waals surface area contributed by atoms with E-state index in [0.29, 0.717) is 10.8 Å². The van der Waals surface area contributed by atoms with Crippen LogP contribution in [0.15, 0.2) is 0 Å². The highest BCUT2D eigenvalue weighted by Gasteiger charge is 2.30. The monoisotopic (exact) mass is 282 g/mol. The molecule has 106 valence electrons. The summed E-state index contributed by atoms with van der Waals surface area (Å²) in [6.07, 6.45) is 2.00. The number of hydrogen-bond donors (Lipinski definition) is 1. The first-order valence-corrected chi connectivity index (χ1v) is 7.53. The molecule has 1 saturated heterocycles. The molecule has 2 rings (SSSR count). The van der Waals surface area contributed by atoms with Crippen LogP contribution in [0.2, 0.25) is 0 Å². The first-order chi connectivity index (χ1) is 8.93. The van der Waals surface area contributed by atoms with Crippen LogP contribution < -0.4 is 5.73 Å². The molecule has 0 bridgehead atoms. The fourth-order valence-electron chi connectivity index (χ4n) is 2.34. The maximum absolute atomic E-state index is 12.5. The van der Waals surface area contributed by atoms with Gasteiger partial charge in [0, 0.05) is 18.5 Å². The van der Waals surface area contributed by atoms with Gasteiger partial charge in [0.1, 0.15) is 4.88 Å². The quantitative estimate of drug-likeness (QED) is 0.895. The van der Waals surface area contributed by atoms with Crippen molar-refractivity contribution in [1.82, 2.24) is 14.5 Å². The van der Waals surface area contributed by atoms with Crippen molar-refractivity contribution < 1.29 is 4.79 Å². The van der Waals surface area contributed by atoms with Gasteiger partial charge in [-0.25, -0.2) is 0 Å².